The number of carbonyl (C=O) groups excluding carboxylic acids is 1. The van der Waals surface area contributed by atoms with Crippen LogP contribution in [0.25, 0.3) is 6.08 Å². The number of nitro benzene ring substituents is 1. The average Bonchev–Trinajstić information content (AvgIpc) is 3.05. The zero-order valence-corrected chi connectivity index (χ0v) is 16.7. The van der Waals surface area contributed by atoms with E-state index >= 15 is 0 Å². The van der Waals surface area contributed by atoms with Gasteiger partial charge >= 0.3 is 0 Å². The maximum absolute atomic E-state index is 13.3. The molecule has 0 radical (unpaired) electrons. The number of nitrogens with zero attached hydrogens (tertiary/aromatic N) is 3. The van der Waals surface area contributed by atoms with Crippen molar-refractivity contribution in [2.75, 3.05) is 4.90 Å². The van der Waals surface area contributed by atoms with Gasteiger partial charge in [-0.2, -0.15) is 0 Å². The van der Waals surface area contributed by atoms with Crippen molar-refractivity contribution >= 4 is 40.8 Å². The molecule has 148 valence electrons. The van der Waals surface area contributed by atoms with E-state index < -0.39 is 4.92 Å². The summed E-state index contributed by atoms with van der Waals surface area (Å²) < 4.78 is 0. The highest BCUT2D eigenvalue weighted by atomic mass is 35.5. The fourth-order valence-corrected chi connectivity index (χ4v) is 3.47. The minimum Gasteiger partial charge on any atom is -0.266 e. The lowest BCUT2D eigenvalue weighted by Crippen LogP contribution is -2.33. The van der Waals surface area contributed by atoms with Crippen LogP contribution in [0.2, 0.25) is 5.02 Å². The number of hydrogen-bond acceptors (Lipinski definition) is 4. The van der Waals surface area contributed by atoms with Gasteiger partial charge in [0.1, 0.15) is 11.5 Å². The number of aliphatic imine (C=N–C) groups is 1. The van der Waals surface area contributed by atoms with Crippen LogP contribution in [0.1, 0.15) is 16.7 Å². The van der Waals surface area contributed by atoms with Crippen LogP contribution < -0.4 is 4.90 Å². The van der Waals surface area contributed by atoms with Gasteiger partial charge in [0.05, 0.1) is 10.6 Å². The number of nitro groups is 1. The quantitative estimate of drug-likeness (QED) is 0.324. The Hall–Kier alpha value is -3.77. The first-order chi connectivity index (χ1) is 14.4. The first-order valence-electron chi connectivity index (χ1n) is 9.15. The van der Waals surface area contributed by atoms with Gasteiger partial charge in [-0.3, -0.25) is 19.8 Å². The third kappa shape index (κ3) is 3.73. The zero-order valence-electron chi connectivity index (χ0n) is 15.9. The predicted molar refractivity (Wildman–Crippen MR) is 118 cm³/mol. The molecule has 0 fully saturated rings. The Labute approximate surface area is 177 Å². The topological polar surface area (TPSA) is 75.8 Å². The summed E-state index contributed by atoms with van der Waals surface area (Å²) in [6.45, 7) is 1.88. The second kappa shape index (κ2) is 7.93. The Morgan fingerprint density at radius 3 is 2.37 bits per heavy atom. The highest BCUT2D eigenvalue weighted by Crippen LogP contribution is 2.31. The molecule has 1 aliphatic heterocycles. The van der Waals surface area contributed by atoms with Crippen LogP contribution in [0.15, 0.2) is 83.5 Å². The first kappa shape index (κ1) is 19.5. The molecule has 0 aliphatic carbocycles. The van der Waals surface area contributed by atoms with Gasteiger partial charge in [-0.25, -0.2) is 4.99 Å². The van der Waals surface area contributed by atoms with Crippen molar-refractivity contribution in [2.24, 2.45) is 4.99 Å². The number of hydrogen-bond donors (Lipinski definition) is 0. The van der Waals surface area contributed by atoms with Crippen LogP contribution in [-0.2, 0) is 4.79 Å². The predicted octanol–water partition coefficient (Wildman–Crippen LogP) is 5.39. The Kier molecular flexibility index (Phi) is 5.16. The maximum atomic E-state index is 13.3. The molecule has 30 heavy (non-hydrogen) atoms. The minimum absolute atomic E-state index is 0.0122. The summed E-state index contributed by atoms with van der Waals surface area (Å²) in [6, 6.07) is 20.7. The van der Waals surface area contributed by atoms with E-state index in [0.29, 0.717) is 22.1 Å². The summed E-state index contributed by atoms with van der Waals surface area (Å²) in [5, 5.41) is 11.4. The number of benzene rings is 3. The van der Waals surface area contributed by atoms with Crippen LogP contribution in [0.5, 0.6) is 0 Å². The van der Waals surface area contributed by atoms with Gasteiger partial charge in [-0.1, -0.05) is 41.9 Å². The number of amides is 1. The molecule has 1 aliphatic rings. The smallest absolute Gasteiger partial charge is 0.266 e. The minimum atomic E-state index is -0.464. The van der Waals surface area contributed by atoms with Gasteiger partial charge < -0.3 is 0 Å². The molecule has 0 atom stereocenters. The van der Waals surface area contributed by atoms with Gasteiger partial charge in [0.25, 0.3) is 11.6 Å². The molecular weight excluding hydrogens is 402 g/mol. The Balaban J connectivity index is 1.80. The second-order valence-corrected chi connectivity index (χ2v) is 7.19. The number of carbonyl (C=O) groups is 1. The lowest BCUT2D eigenvalue weighted by molar-refractivity contribution is -0.384. The van der Waals surface area contributed by atoms with E-state index in [2.05, 4.69) is 4.99 Å². The lowest BCUT2D eigenvalue weighted by atomic mass is 10.1. The van der Waals surface area contributed by atoms with E-state index in [1.165, 1.54) is 12.1 Å². The summed E-state index contributed by atoms with van der Waals surface area (Å²) in [4.78, 5) is 29.9. The van der Waals surface area contributed by atoms with E-state index in [9.17, 15) is 14.9 Å². The van der Waals surface area contributed by atoms with Crippen LogP contribution in [0, 0.1) is 17.0 Å². The summed E-state index contributed by atoms with van der Waals surface area (Å²) in [5.74, 6) is 0.233. The largest absolute Gasteiger partial charge is 0.282 e. The molecule has 0 saturated carbocycles. The first-order valence-corrected chi connectivity index (χ1v) is 9.53. The Morgan fingerprint density at radius 2 is 1.73 bits per heavy atom. The molecular formula is C23H16ClN3O3. The standard InChI is InChI=1S/C23H16ClN3O3/c1-15-13-18(24)9-12-21(15)26-22(17-5-3-2-4-6-17)25-20(23(26)28)14-16-7-10-19(11-8-16)27(29)30/h2-14H,1H3/b20-14-. The second-order valence-electron chi connectivity index (χ2n) is 6.75. The van der Waals surface area contributed by atoms with Crippen molar-refractivity contribution in [1.29, 1.82) is 0 Å². The molecule has 7 heteroatoms. The van der Waals surface area contributed by atoms with E-state index in [-0.39, 0.29) is 17.3 Å². The molecule has 1 amide bonds. The molecule has 3 aromatic carbocycles. The molecule has 4 rings (SSSR count). The average molecular weight is 418 g/mol. The number of amidine groups is 1. The van der Waals surface area contributed by atoms with E-state index in [1.807, 2.05) is 37.3 Å². The molecule has 0 unspecified atom stereocenters. The highest BCUT2D eigenvalue weighted by molar-refractivity contribution is 6.34. The maximum Gasteiger partial charge on any atom is 0.282 e. The van der Waals surface area contributed by atoms with Crippen molar-refractivity contribution in [3.8, 4) is 0 Å². The van der Waals surface area contributed by atoms with Gasteiger partial charge in [-0.05, 0) is 54.5 Å². The summed E-state index contributed by atoms with van der Waals surface area (Å²) in [6.07, 6.45) is 1.63. The molecule has 0 aromatic heterocycles. The van der Waals surface area contributed by atoms with Crippen molar-refractivity contribution in [1.82, 2.24) is 0 Å². The molecule has 6 nitrogen and oxygen atoms in total. The van der Waals surface area contributed by atoms with Gasteiger partial charge in [0, 0.05) is 22.7 Å². The van der Waals surface area contributed by atoms with Crippen LogP contribution >= 0.6 is 11.6 Å². The normalized spacial score (nSPS) is 14.9. The Morgan fingerprint density at radius 1 is 1.03 bits per heavy atom. The number of non-ortho nitro benzene ring substituents is 1. The third-order valence-electron chi connectivity index (χ3n) is 4.70. The summed E-state index contributed by atoms with van der Waals surface area (Å²) >= 11 is 6.09. The van der Waals surface area contributed by atoms with Crippen molar-refractivity contribution in [2.45, 2.75) is 6.92 Å². The fourth-order valence-electron chi connectivity index (χ4n) is 3.24. The number of halogens is 1. The van der Waals surface area contributed by atoms with E-state index in [4.69, 9.17) is 11.6 Å². The number of anilines is 1. The van der Waals surface area contributed by atoms with Crippen LogP contribution in [-0.4, -0.2) is 16.7 Å². The summed E-state index contributed by atoms with van der Waals surface area (Å²) in [5.41, 5.74) is 3.22. The van der Waals surface area contributed by atoms with Crippen LogP contribution in [0.4, 0.5) is 11.4 Å². The third-order valence-corrected chi connectivity index (χ3v) is 4.93. The Bertz CT molecular complexity index is 1200. The molecule has 0 spiro atoms. The van der Waals surface area contributed by atoms with Gasteiger partial charge in [0.15, 0.2) is 0 Å². The van der Waals surface area contributed by atoms with Crippen molar-refractivity contribution < 1.29 is 9.72 Å². The van der Waals surface area contributed by atoms with Gasteiger partial charge in [0.2, 0.25) is 0 Å². The SMILES string of the molecule is Cc1cc(Cl)ccc1N1C(=O)/C(=C/c2ccc([N+](=O)[O-])cc2)N=C1c1ccccc1. The van der Waals surface area contributed by atoms with E-state index in [0.717, 1.165) is 11.1 Å². The number of aryl methyl sites for hydroxylation is 1. The van der Waals surface area contributed by atoms with Gasteiger partial charge in [-0.15, -0.1) is 0 Å². The van der Waals surface area contributed by atoms with E-state index in [1.54, 1.807) is 41.3 Å². The molecule has 1 heterocycles. The molecule has 0 bridgehead atoms. The molecule has 3 aromatic rings. The van der Waals surface area contributed by atoms with Crippen molar-refractivity contribution in [3.63, 3.8) is 0 Å². The molecule has 0 saturated heterocycles. The zero-order chi connectivity index (χ0) is 21.3. The van der Waals surface area contributed by atoms with Crippen molar-refractivity contribution in [3.05, 3.63) is 110 Å². The monoisotopic (exact) mass is 417 g/mol. The lowest BCUT2D eigenvalue weighted by Gasteiger charge is -2.20. The van der Waals surface area contributed by atoms with Crippen LogP contribution in [0.3, 0.4) is 0 Å². The summed E-state index contributed by atoms with van der Waals surface area (Å²) in [7, 11) is 0. The molecule has 0 N–H and O–H groups in total. The fraction of sp³-hybridized carbons (Fsp3) is 0.0435. The highest BCUT2D eigenvalue weighted by Gasteiger charge is 2.33. The number of rotatable bonds is 4.